The molecule has 1 aromatic heterocycles. The molecule has 2 N–H and O–H groups in total. The Morgan fingerprint density at radius 1 is 1.19 bits per heavy atom. The molecule has 16 heavy (non-hydrogen) atoms. The summed E-state index contributed by atoms with van der Waals surface area (Å²) in [5.41, 5.74) is 0.748. The smallest absolute Gasteiger partial charge is 0.126 e. The monoisotopic (exact) mass is 233 g/mol. The Bertz CT molecular complexity index is 445. The third-order valence-electron chi connectivity index (χ3n) is 2.77. The fourth-order valence-electron chi connectivity index (χ4n) is 1.70. The molecule has 0 aliphatic heterocycles. The van der Waals surface area contributed by atoms with Crippen molar-refractivity contribution in [1.29, 1.82) is 0 Å². The first-order chi connectivity index (χ1) is 7.64. The fourth-order valence-corrected chi connectivity index (χ4v) is 2.11. The van der Waals surface area contributed by atoms with Gasteiger partial charge in [0.2, 0.25) is 0 Å². The summed E-state index contributed by atoms with van der Waals surface area (Å²) in [6, 6.07) is 11.8. The van der Waals surface area contributed by atoms with E-state index in [1.165, 1.54) is 4.90 Å². The van der Waals surface area contributed by atoms with Gasteiger partial charge in [-0.1, -0.05) is 12.1 Å². The number of H-pyrrole nitrogens is 1. The van der Waals surface area contributed by atoms with Gasteiger partial charge in [-0.15, -0.1) is 11.8 Å². The zero-order chi connectivity index (χ0) is 11.6. The van der Waals surface area contributed by atoms with Crippen molar-refractivity contribution in [2.24, 2.45) is 0 Å². The summed E-state index contributed by atoms with van der Waals surface area (Å²) in [5, 5.41) is 10.5. The highest BCUT2D eigenvalue weighted by atomic mass is 32.2. The Morgan fingerprint density at radius 2 is 1.88 bits per heavy atom. The molecule has 1 heterocycles. The molecule has 0 saturated heterocycles. The highest BCUT2D eigenvalue weighted by Crippen LogP contribution is 2.28. The number of nitrogens with one attached hydrogen (secondary N) is 1. The first kappa shape index (κ1) is 11.3. The van der Waals surface area contributed by atoms with Crippen LogP contribution < -0.4 is 0 Å². The van der Waals surface area contributed by atoms with Gasteiger partial charge < -0.3 is 10.1 Å². The second-order valence-electron chi connectivity index (χ2n) is 3.88. The lowest BCUT2D eigenvalue weighted by molar-refractivity contribution is 0.0979. The van der Waals surface area contributed by atoms with Gasteiger partial charge in [0.25, 0.3) is 0 Å². The van der Waals surface area contributed by atoms with Crippen molar-refractivity contribution in [3.05, 3.63) is 53.9 Å². The summed E-state index contributed by atoms with van der Waals surface area (Å²) in [7, 11) is 0. The maximum absolute atomic E-state index is 10.5. The molecule has 84 valence electrons. The second kappa shape index (κ2) is 4.36. The van der Waals surface area contributed by atoms with E-state index < -0.39 is 5.60 Å². The maximum Gasteiger partial charge on any atom is 0.126 e. The van der Waals surface area contributed by atoms with Crippen LogP contribution in [0.1, 0.15) is 18.2 Å². The summed E-state index contributed by atoms with van der Waals surface area (Å²) >= 11 is 1.70. The molecule has 0 aliphatic rings. The molecule has 1 aromatic carbocycles. The normalized spacial score (nSPS) is 14.7. The molecule has 2 nitrogen and oxygen atoms in total. The first-order valence-corrected chi connectivity index (χ1v) is 6.38. The fraction of sp³-hybridized carbons (Fsp3) is 0.231. The second-order valence-corrected chi connectivity index (χ2v) is 4.76. The molecule has 0 aliphatic carbocycles. The standard InChI is InChI=1S/C13H15NOS/c1-13(15,12-4-3-9-14-12)10-5-7-11(16-2)8-6-10/h3-9,14-15H,1-2H3. The minimum Gasteiger partial charge on any atom is -0.379 e. The van der Waals surface area contributed by atoms with E-state index in [9.17, 15) is 5.11 Å². The van der Waals surface area contributed by atoms with Gasteiger partial charge in [-0.2, -0.15) is 0 Å². The molecule has 0 spiro atoms. The van der Waals surface area contributed by atoms with Crippen molar-refractivity contribution in [2.75, 3.05) is 6.26 Å². The Balaban J connectivity index is 2.35. The van der Waals surface area contributed by atoms with Crippen LogP contribution in [0.15, 0.2) is 47.5 Å². The lowest BCUT2D eigenvalue weighted by Gasteiger charge is -2.22. The van der Waals surface area contributed by atoms with Gasteiger partial charge in [-0.3, -0.25) is 0 Å². The van der Waals surface area contributed by atoms with E-state index in [0.29, 0.717) is 0 Å². The molecular formula is C13H15NOS. The Labute approximate surface area is 99.7 Å². The molecule has 0 fully saturated rings. The predicted octanol–water partition coefficient (Wildman–Crippen LogP) is 2.99. The summed E-state index contributed by atoms with van der Waals surface area (Å²) < 4.78 is 0. The lowest BCUT2D eigenvalue weighted by atomic mass is 9.93. The molecule has 2 aromatic rings. The van der Waals surface area contributed by atoms with Gasteiger partial charge in [-0.05, 0) is 43.0 Å². The van der Waals surface area contributed by atoms with Crippen molar-refractivity contribution in [2.45, 2.75) is 17.4 Å². The molecule has 0 radical (unpaired) electrons. The van der Waals surface area contributed by atoms with Crippen LogP contribution in [0.4, 0.5) is 0 Å². The molecule has 0 amide bonds. The molecule has 0 bridgehead atoms. The van der Waals surface area contributed by atoms with Crippen molar-refractivity contribution >= 4 is 11.8 Å². The van der Waals surface area contributed by atoms with Crippen molar-refractivity contribution < 1.29 is 5.11 Å². The summed E-state index contributed by atoms with van der Waals surface area (Å²) in [4.78, 5) is 4.25. The number of aliphatic hydroxyl groups is 1. The van der Waals surface area contributed by atoms with Crippen LogP contribution in [0.25, 0.3) is 0 Å². The van der Waals surface area contributed by atoms with Gasteiger partial charge in [0, 0.05) is 11.1 Å². The largest absolute Gasteiger partial charge is 0.379 e. The van der Waals surface area contributed by atoms with E-state index in [4.69, 9.17) is 0 Å². The predicted molar refractivity (Wildman–Crippen MR) is 67.7 cm³/mol. The molecular weight excluding hydrogens is 218 g/mol. The van der Waals surface area contributed by atoms with Gasteiger partial charge in [0.15, 0.2) is 0 Å². The quantitative estimate of drug-likeness (QED) is 0.799. The average molecular weight is 233 g/mol. The van der Waals surface area contributed by atoms with E-state index in [2.05, 4.69) is 4.98 Å². The average Bonchev–Trinajstić information content (AvgIpc) is 2.83. The summed E-state index contributed by atoms with van der Waals surface area (Å²) in [5.74, 6) is 0. The van der Waals surface area contributed by atoms with Crippen molar-refractivity contribution in [3.8, 4) is 0 Å². The van der Waals surface area contributed by atoms with Crippen LogP contribution in [-0.2, 0) is 5.60 Å². The Kier molecular flexibility index (Phi) is 3.08. The van der Waals surface area contributed by atoms with E-state index >= 15 is 0 Å². The molecule has 1 unspecified atom stereocenters. The number of thioether (sulfide) groups is 1. The van der Waals surface area contributed by atoms with E-state index in [0.717, 1.165) is 11.3 Å². The van der Waals surface area contributed by atoms with E-state index in [1.807, 2.05) is 48.9 Å². The third kappa shape index (κ3) is 2.01. The summed E-state index contributed by atoms with van der Waals surface area (Å²) in [6.45, 7) is 1.80. The minimum atomic E-state index is -0.958. The summed E-state index contributed by atoms with van der Waals surface area (Å²) in [6.07, 6.45) is 3.86. The van der Waals surface area contributed by atoms with Crippen molar-refractivity contribution in [1.82, 2.24) is 4.98 Å². The van der Waals surface area contributed by atoms with Gasteiger partial charge in [0.1, 0.15) is 5.60 Å². The van der Waals surface area contributed by atoms with E-state index in [-0.39, 0.29) is 0 Å². The highest BCUT2D eigenvalue weighted by Gasteiger charge is 2.26. The zero-order valence-electron chi connectivity index (χ0n) is 9.40. The van der Waals surface area contributed by atoms with Crippen molar-refractivity contribution in [3.63, 3.8) is 0 Å². The van der Waals surface area contributed by atoms with Crippen LogP contribution in [0.3, 0.4) is 0 Å². The third-order valence-corrected chi connectivity index (χ3v) is 3.52. The minimum absolute atomic E-state index is 0.810. The van der Waals surface area contributed by atoms with Crippen LogP contribution in [-0.4, -0.2) is 16.3 Å². The van der Waals surface area contributed by atoms with Gasteiger partial charge in [0.05, 0.1) is 5.69 Å². The van der Waals surface area contributed by atoms with Crippen LogP contribution in [0, 0.1) is 0 Å². The molecule has 0 saturated carbocycles. The van der Waals surface area contributed by atoms with Crippen LogP contribution in [0.5, 0.6) is 0 Å². The number of hydrogen-bond donors (Lipinski definition) is 2. The van der Waals surface area contributed by atoms with E-state index in [1.54, 1.807) is 18.7 Å². The van der Waals surface area contributed by atoms with Crippen LogP contribution in [0.2, 0.25) is 0 Å². The number of aromatic amines is 1. The number of rotatable bonds is 3. The topological polar surface area (TPSA) is 36.0 Å². The Hall–Kier alpha value is -1.19. The highest BCUT2D eigenvalue weighted by molar-refractivity contribution is 7.98. The molecule has 3 heteroatoms. The zero-order valence-corrected chi connectivity index (χ0v) is 10.2. The van der Waals surface area contributed by atoms with Crippen LogP contribution >= 0.6 is 11.8 Å². The molecule has 2 rings (SSSR count). The Morgan fingerprint density at radius 3 is 2.38 bits per heavy atom. The lowest BCUT2D eigenvalue weighted by Crippen LogP contribution is -2.23. The van der Waals surface area contributed by atoms with Gasteiger partial charge >= 0.3 is 0 Å². The SMILES string of the molecule is CSc1ccc(C(C)(O)c2ccc[nH]2)cc1. The first-order valence-electron chi connectivity index (χ1n) is 5.15. The number of benzene rings is 1. The number of aromatic nitrogens is 1. The molecule has 1 atom stereocenters. The van der Waals surface area contributed by atoms with Gasteiger partial charge in [-0.25, -0.2) is 0 Å². The number of hydrogen-bond acceptors (Lipinski definition) is 2. The maximum atomic E-state index is 10.5.